The van der Waals surface area contributed by atoms with Crippen molar-refractivity contribution in [1.82, 2.24) is 10.3 Å². The van der Waals surface area contributed by atoms with Crippen LogP contribution in [-0.4, -0.2) is 35.2 Å². The summed E-state index contributed by atoms with van der Waals surface area (Å²) in [7, 11) is 0. The smallest absolute Gasteiger partial charge is 0.331 e. The Morgan fingerprint density at radius 1 is 1.83 bits per heavy atom. The highest BCUT2D eigenvalue weighted by atomic mass is 16.3. The molecule has 0 bridgehead atoms. The third kappa shape index (κ3) is 1.51. The molecule has 1 fully saturated rings. The first-order valence-corrected chi connectivity index (χ1v) is 4.08. The molecule has 0 aliphatic carbocycles. The van der Waals surface area contributed by atoms with E-state index in [1.165, 1.54) is 0 Å². The van der Waals surface area contributed by atoms with Crippen LogP contribution >= 0.6 is 0 Å². The van der Waals surface area contributed by atoms with Crippen molar-refractivity contribution in [3.63, 3.8) is 0 Å². The molecule has 5 heteroatoms. The van der Waals surface area contributed by atoms with Crippen molar-refractivity contribution in [3.05, 3.63) is 0 Å². The number of hydrazine groups is 1. The lowest BCUT2D eigenvalue weighted by Gasteiger charge is -2.22. The van der Waals surface area contributed by atoms with Crippen molar-refractivity contribution in [2.75, 3.05) is 13.2 Å². The number of aliphatic hydroxyl groups is 1. The molecule has 1 aliphatic rings. The van der Waals surface area contributed by atoms with Crippen LogP contribution in [0.5, 0.6) is 0 Å². The number of carbonyl (C=O) groups is 1. The van der Waals surface area contributed by atoms with Gasteiger partial charge < -0.3 is 10.0 Å². The number of rotatable bonds is 1. The summed E-state index contributed by atoms with van der Waals surface area (Å²) in [6, 6.07) is -0.183. The van der Waals surface area contributed by atoms with E-state index in [1.807, 2.05) is 6.92 Å². The average Bonchev–Trinajstić information content (AvgIpc) is 2.45. The van der Waals surface area contributed by atoms with Crippen LogP contribution in [-0.2, 0) is 0 Å². The van der Waals surface area contributed by atoms with Gasteiger partial charge in [-0.25, -0.2) is 10.6 Å². The minimum absolute atomic E-state index is 0.0820. The summed E-state index contributed by atoms with van der Waals surface area (Å²) in [5.41, 5.74) is 2.09. The number of nitrogens with two attached hydrogens (primary N) is 1. The van der Waals surface area contributed by atoms with E-state index in [9.17, 15) is 4.79 Å². The molecule has 1 aliphatic heterocycles. The lowest BCUT2D eigenvalue weighted by molar-refractivity contribution is 0.170. The number of hydrogen-bond acceptors (Lipinski definition) is 3. The number of nitrogens with one attached hydrogen (secondary N) is 1. The molecule has 5 nitrogen and oxygen atoms in total. The van der Waals surface area contributed by atoms with E-state index in [0.29, 0.717) is 6.54 Å². The Morgan fingerprint density at radius 2 is 2.50 bits per heavy atom. The molecule has 2 unspecified atom stereocenters. The Hall–Kier alpha value is -0.810. The van der Waals surface area contributed by atoms with Gasteiger partial charge in [0.25, 0.3) is 0 Å². The van der Waals surface area contributed by atoms with E-state index in [0.717, 1.165) is 6.42 Å². The quantitative estimate of drug-likeness (QED) is 0.278. The van der Waals surface area contributed by atoms with Crippen LogP contribution < -0.4 is 11.3 Å². The standard InChI is InChI=1S/C7H15N3O2/c1-5-6(4-11)2-3-10(5)7(12)9-8/h5-6,11H,2-4,8H2,1H3,(H,9,12). The first-order chi connectivity index (χ1) is 5.70. The van der Waals surface area contributed by atoms with Crippen molar-refractivity contribution in [2.45, 2.75) is 19.4 Å². The molecule has 0 radical (unpaired) electrons. The Labute approximate surface area is 71.5 Å². The van der Waals surface area contributed by atoms with E-state index in [4.69, 9.17) is 10.9 Å². The molecule has 0 saturated carbocycles. The molecule has 1 saturated heterocycles. The highest BCUT2D eigenvalue weighted by Gasteiger charge is 2.32. The van der Waals surface area contributed by atoms with Crippen molar-refractivity contribution < 1.29 is 9.90 Å². The molecule has 0 aromatic carbocycles. The molecular formula is C7H15N3O2. The Morgan fingerprint density at radius 3 is 2.92 bits per heavy atom. The number of amides is 2. The van der Waals surface area contributed by atoms with Gasteiger partial charge in [-0.3, -0.25) is 5.43 Å². The number of carbonyl (C=O) groups excluding carboxylic acids is 1. The van der Waals surface area contributed by atoms with Crippen LogP contribution in [0.2, 0.25) is 0 Å². The van der Waals surface area contributed by atoms with Gasteiger partial charge in [0.05, 0.1) is 0 Å². The maximum Gasteiger partial charge on any atom is 0.331 e. The third-order valence-corrected chi connectivity index (χ3v) is 2.53. The number of aliphatic hydroxyl groups excluding tert-OH is 1. The van der Waals surface area contributed by atoms with E-state index < -0.39 is 0 Å². The summed E-state index contributed by atoms with van der Waals surface area (Å²) in [5, 5.41) is 8.92. The van der Waals surface area contributed by atoms with Crippen molar-refractivity contribution >= 4 is 6.03 Å². The molecule has 1 heterocycles. The molecule has 12 heavy (non-hydrogen) atoms. The minimum atomic E-state index is -0.265. The number of nitrogens with zero attached hydrogens (tertiary/aromatic N) is 1. The van der Waals surface area contributed by atoms with Crippen molar-refractivity contribution in [2.24, 2.45) is 11.8 Å². The van der Waals surface area contributed by atoms with Gasteiger partial charge >= 0.3 is 6.03 Å². The molecule has 70 valence electrons. The SMILES string of the molecule is CC1C(CO)CCN1C(=O)NN. The fraction of sp³-hybridized carbons (Fsp3) is 0.857. The van der Waals surface area contributed by atoms with E-state index in [2.05, 4.69) is 5.43 Å². The largest absolute Gasteiger partial charge is 0.396 e. The maximum atomic E-state index is 11.1. The second kappa shape index (κ2) is 3.73. The Bertz CT molecular complexity index is 174. The second-order valence-corrected chi connectivity index (χ2v) is 3.11. The van der Waals surface area contributed by atoms with Gasteiger partial charge in [-0.2, -0.15) is 0 Å². The van der Waals surface area contributed by atoms with Gasteiger partial charge in [0.15, 0.2) is 0 Å². The van der Waals surface area contributed by atoms with E-state index >= 15 is 0 Å². The highest BCUT2D eigenvalue weighted by Crippen LogP contribution is 2.22. The molecule has 1 rings (SSSR count). The van der Waals surface area contributed by atoms with Crippen molar-refractivity contribution in [1.29, 1.82) is 0 Å². The summed E-state index contributed by atoms with van der Waals surface area (Å²) in [6.07, 6.45) is 0.852. The zero-order valence-electron chi connectivity index (χ0n) is 7.16. The molecule has 0 spiro atoms. The first kappa shape index (κ1) is 9.28. The van der Waals surface area contributed by atoms with Crippen LogP contribution in [0.1, 0.15) is 13.3 Å². The molecule has 4 N–H and O–H groups in total. The molecule has 2 atom stereocenters. The first-order valence-electron chi connectivity index (χ1n) is 4.08. The molecule has 2 amide bonds. The maximum absolute atomic E-state index is 11.1. The van der Waals surface area contributed by atoms with Crippen LogP contribution in [0.3, 0.4) is 0 Å². The number of urea groups is 1. The lowest BCUT2D eigenvalue weighted by Crippen LogP contribution is -2.46. The molecular weight excluding hydrogens is 158 g/mol. The number of hydrogen-bond donors (Lipinski definition) is 3. The fourth-order valence-corrected chi connectivity index (χ4v) is 1.62. The van der Waals surface area contributed by atoms with Gasteiger partial charge in [-0.1, -0.05) is 0 Å². The van der Waals surface area contributed by atoms with Gasteiger partial charge in [-0.15, -0.1) is 0 Å². The van der Waals surface area contributed by atoms with Crippen LogP contribution in [0.15, 0.2) is 0 Å². The zero-order valence-corrected chi connectivity index (χ0v) is 7.16. The van der Waals surface area contributed by atoms with Gasteiger partial charge in [0.2, 0.25) is 0 Å². The summed E-state index contributed by atoms with van der Waals surface area (Å²) in [5.74, 6) is 5.19. The van der Waals surface area contributed by atoms with E-state index in [-0.39, 0.29) is 24.6 Å². The van der Waals surface area contributed by atoms with Gasteiger partial charge in [0, 0.05) is 25.1 Å². The highest BCUT2D eigenvalue weighted by molar-refractivity contribution is 5.74. The van der Waals surface area contributed by atoms with Crippen molar-refractivity contribution in [3.8, 4) is 0 Å². The summed E-state index contributed by atoms with van der Waals surface area (Å²) in [6.45, 7) is 2.73. The van der Waals surface area contributed by atoms with Gasteiger partial charge in [-0.05, 0) is 13.3 Å². The normalized spacial score (nSPS) is 29.1. The third-order valence-electron chi connectivity index (χ3n) is 2.53. The average molecular weight is 173 g/mol. The predicted molar refractivity (Wildman–Crippen MR) is 44.1 cm³/mol. The summed E-state index contributed by atoms with van der Waals surface area (Å²) in [4.78, 5) is 12.7. The number of likely N-dealkylation sites (tertiary alicyclic amines) is 1. The summed E-state index contributed by atoms with van der Waals surface area (Å²) >= 11 is 0. The molecule has 0 aromatic heterocycles. The topological polar surface area (TPSA) is 78.6 Å². The fourth-order valence-electron chi connectivity index (χ4n) is 1.62. The monoisotopic (exact) mass is 173 g/mol. The van der Waals surface area contributed by atoms with Crippen LogP contribution in [0, 0.1) is 5.92 Å². The lowest BCUT2D eigenvalue weighted by atomic mass is 10.0. The summed E-state index contributed by atoms with van der Waals surface area (Å²) < 4.78 is 0. The zero-order chi connectivity index (χ0) is 9.14. The Balaban J connectivity index is 2.54. The predicted octanol–water partition coefficient (Wildman–Crippen LogP) is -0.728. The van der Waals surface area contributed by atoms with E-state index in [1.54, 1.807) is 4.90 Å². The Kier molecular flexibility index (Phi) is 2.88. The molecule has 0 aromatic rings. The second-order valence-electron chi connectivity index (χ2n) is 3.11. The van der Waals surface area contributed by atoms with Gasteiger partial charge in [0.1, 0.15) is 0 Å². The van der Waals surface area contributed by atoms with Crippen LogP contribution in [0.4, 0.5) is 4.79 Å². The minimum Gasteiger partial charge on any atom is -0.396 e. The van der Waals surface area contributed by atoms with Crippen LogP contribution in [0.25, 0.3) is 0 Å².